The lowest BCUT2D eigenvalue weighted by Gasteiger charge is -2.46. The molecule has 0 saturated heterocycles. The van der Waals surface area contributed by atoms with Gasteiger partial charge in [-0.2, -0.15) is 0 Å². The van der Waals surface area contributed by atoms with Crippen molar-refractivity contribution in [1.29, 1.82) is 0 Å². The van der Waals surface area contributed by atoms with Gasteiger partial charge in [0, 0.05) is 32.7 Å². The fourth-order valence-electron chi connectivity index (χ4n) is 7.08. The van der Waals surface area contributed by atoms with Gasteiger partial charge < -0.3 is 28.4 Å². The monoisotopic (exact) mass is 673 g/mol. The van der Waals surface area contributed by atoms with Crippen LogP contribution in [0.3, 0.4) is 0 Å². The molecule has 2 unspecified atom stereocenters. The van der Waals surface area contributed by atoms with E-state index in [9.17, 15) is 14.4 Å². The van der Waals surface area contributed by atoms with Crippen molar-refractivity contribution in [2.75, 3.05) is 33.0 Å². The summed E-state index contributed by atoms with van der Waals surface area (Å²) in [4.78, 5) is 36.3. The Labute approximate surface area is 270 Å². The van der Waals surface area contributed by atoms with Gasteiger partial charge in [-0.15, -0.1) is 0 Å². The van der Waals surface area contributed by atoms with Crippen LogP contribution in [0.2, 0.25) is 57.5 Å². The second kappa shape index (κ2) is 17.4. The molecule has 1 rings (SSSR count). The number of carbonyl (C=O) groups excluding carboxylic acids is 3. The number of rotatable bonds is 19. The number of ether oxygens (including phenoxy) is 4. The molecule has 0 heterocycles. The number of carbonyl (C=O) groups is 3. The summed E-state index contributed by atoms with van der Waals surface area (Å²) in [6.07, 6.45) is 4.05. The molecule has 2 atom stereocenters. The first-order valence-corrected chi connectivity index (χ1v) is 26.2. The first-order chi connectivity index (χ1) is 20.0. The summed E-state index contributed by atoms with van der Waals surface area (Å²) in [5.74, 6) is -0.818. The Kier molecular flexibility index (Phi) is 16.1. The highest BCUT2D eigenvalue weighted by Crippen LogP contribution is 2.48. The molecule has 0 bridgehead atoms. The van der Waals surface area contributed by atoms with Crippen molar-refractivity contribution < 1.29 is 37.4 Å². The zero-order chi connectivity index (χ0) is 33.8. The van der Waals surface area contributed by atoms with Crippen LogP contribution >= 0.6 is 0 Å². The molecule has 1 fully saturated rings. The van der Waals surface area contributed by atoms with Gasteiger partial charge in [0.2, 0.25) is 0 Å². The SMILES string of the molecule is C=C(C)C(=O)OCCOC(=O)CCC1(C)CC(NC(=O)OCCOCCC[Si](C)(C)C[Si](C)(C)O[Si](C)(C)C)CC(C)(C)C1. The third-order valence-corrected chi connectivity index (χ3v) is 21.3. The fourth-order valence-corrected chi connectivity index (χ4v) is 25.7. The minimum atomic E-state index is -1.65. The minimum Gasteiger partial charge on any atom is -0.462 e. The molecule has 0 aromatic heterocycles. The van der Waals surface area contributed by atoms with Gasteiger partial charge in [-0.1, -0.05) is 46.5 Å². The third-order valence-electron chi connectivity index (χ3n) is 7.72. The molecule has 0 spiro atoms. The summed E-state index contributed by atoms with van der Waals surface area (Å²) in [5, 5.41) is 3.05. The van der Waals surface area contributed by atoms with E-state index in [-0.39, 0.29) is 49.1 Å². The lowest BCUT2D eigenvalue weighted by atomic mass is 9.61. The summed E-state index contributed by atoms with van der Waals surface area (Å²) in [6.45, 7) is 29.4. The van der Waals surface area contributed by atoms with Crippen LogP contribution in [0.1, 0.15) is 66.2 Å². The minimum absolute atomic E-state index is 0.00428. The summed E-state index contributed by atoms with van der Waals surface area (Å²) in [6, 6.07) is 1.17. The van der Waals surface area contributed by atoms with Crippen molar-refractivity contribution in [2.45, 2.75) is 130 Å². The van der Waals surface area contributed by atoms with Crippen LogP contribution in [-0.4, -0.2) is 81.8 Å². The fraction of sp³-hybridized carbons (Fsp3) is 0.844. The Morgan fingerprint density at radius 2 is 1.48 bits per heavy atom. The van der Waals surface area contributed by atoms with Gasteiger partial charge >= 0.3 is 18.0 Å². The molecule has 12 heteroatoms. The molecule has 256 valence electrons. The second-order valence-electron chi connectivity index (χ2n) is 16.2. The van der Waals surface area contributed by atoms with E-state index >= 15 is 0 Å². The molecule has 1 amide bonds. The number of nitrogens with one attached hydrogen (secondary N) is 1. The highest BCUT2D eigenvalue weighted by molar-refractivity contribution is 6.95. The molecule has 1 aliphatic rings. The maximum Gasteiger partial charge on any atom is 0.407 e. The van der Waals surface area contributed by atoms with Crippen molar-refractivity contribution >= 4 is 42.7 Å². The highest BCUT2D eigenvalue weighted by Gasteiger charge is 2.42. The van der Waals surface area contributed by atoms with Crippen molar-refractivity contribution in [3.05, 3.63) is 12.2 Å². The van der Waals surface area contributed by atoms with Crippen LogP contribution in [0.4, 0.5) is 4.79 Å². The molecule has 0 aromatic carbocycles. The Morgan fingerprint density at radius 1 is 0.864 bits per heavy atom. The van der Waals surface area contributed by atoms with E-state index in [1.807, 2.05) is 0 Å². The second-order valence-corrected chi connectivity index (χ2v) is 31.0. The largest absolute Gasteiger partial charge is 0.462 e. The lowest BCUT2D eigenvalue weighted by molar-refractivity contribution is -0.150. The molecule has 1 aliphatic carbocycles. The molecule has 44 heavy (non-hydrogen) atoms. The number of hydrogen-bond donors (Lipinski definition) is 1. The van der Waals surface area contributed by atoms with E-state index in [4.69, 9.17) is 23.1 Å². The topological polar surface area (TPSA) is 109 Å². The average molecular weight is 674 g/mol. The summed E-state index contributed by atoms with van der Waals surface area (Å²) in [5.41, 5.74) is 1.44. The summed E-state index contributed by atoms with van der Waals surface area (Å²) < 4.78 is 28.0. The van der Waals surface area contributed by atoms with Crippen LogP contribution in [0.5, 0.6) is 0 Å². The van der Waals surface area contributed by atoms with E-state index in [1.54, 1.807) is 6.92 Å². The van der Waals surface area contributed by atoms with E-state index in [0.717, 1.165) is 25.7 Å². The first-order valence-electron chi connectivity index (χ1n) is 16.2. The molecule has 0 aliphatic heterocycles. The third kappa shape index (κ3) is 18.5. The van der Waals surface area contributed by atoms with Crippen molar-refractivity contribution in [2.24, 2.45) is 10.8 Å². The number of hydrogen-bond acceptors (Lipinski definition) is 8. The van der Waals surface area contributed by atoms with Crippen LogP contribution in [0.25, 0.3) is 0 Å². The molecular weight excluding hydrogens is 611 g/mol. The number of alkyl carbamates (subject to hydrolysis) is 1. The van der Waals surface area contributed by atoms with E-state index < -0.39 is 36.8 Å². The molecule has 0 aromatic rings. The predicted molar refractivity (Wildman–Crippen MR) is 184 cm³/mol. The van der Waals surface area contributed by atoms with Gasteiger partial charge in [0.25, 0.3) is 0 Å². The van der Waals surface area contributed by atoms with E-state index in [2.05, 4.69) is 78.5 Å². The first kappa shape index (κ1) is 40.5. The highest BCUT2D eigenvalue weighted by atomic mass is 28.4. The number of esters is 2. The smallest absolute Gasteiger partial charge is 0.407 e. The maximum absolute atomic E-state index is 12.6. The van der Waals surface area contributed by atoms with Crippen LogP contribution in [-0.2, 0) is 32.7 Å². The predicted octanol–water partition coefficient (Wildman–Crippen LogP) is 7.45. The van der Waals surface area contributed by atoms with Gasteiger partial charge in [0.05, 0.1) is 6.61 Å². The summed E-state index contributed by atoms with van der Waals surface area (Å²) >= 11 is 0. The lowest BCUT2D eigenvalue weighted by Crippen LogP contribution is -2.48. The van der Waals surface area contributed by atoms with Crippen LogP contribution < -0.4 is 5.32 Å². The van der Waals surface area contributed by atoms with Crippen molar-refractivity contribution in [3.8, 4) is 0 Å². The number of amides is 1. The van der Waals surface area contributed by atoms with Crippen LogP contribution in [0.15, 0.2) is 12.2 Å². The van der Waals surface area contributed by atoms with Gasteiger partial charge in [-0.05, 0) is 88.3 Å². The summed E-state index contributed by atoms with van der Waals surface area (Å²) in [7, 11) is -4.53. The zero-order valence-electron chi connectivity index (χ0n) is 29.7. The normalized spacial score (nSPS) is 20.5. The average Bonchev–Trinajstić information content (AvgIpc) is 2.81. The van der Waals surface area contributed by atoms with Crippen LogP contribution in [0, 0.1) is 10.8 Å². The van der Waals surface area contributed by atoms with Gasteiger partial charge in [-0.25, -0.2) is 9.59 Å². The molecule has 9 nitrogen and oxygen atoms in total. The van der Waals surface area contributed by atoms with Crippen molar-refractivity contribution in [3.63, 3.8) is 0 Å². The van der Waals surface area contributed by atoms with Gasteiger partial charge in [-0.3, -0.25) is 4.79 Å². The zero-order valence-corrected chi connectivity index (χ0v) is 32.7. The van der Waals surface area contributed by atoms with Gasteiger partial charge in [0.1, 0.15) is 19.8 Å². The maximum atomic E-state index is 12.6. The Balaban J connectivity index is 2.36. The molecular formula is C32H63NO8Si3. The van der Waals surface area contributed by atoms with Gasteiger partial charge in [0.15, 0.2) is 16.6 Å². The Morgan fingerprint density at radius 3 is 2.09 bits per heavy atom. The Bertz CT molecular complexity index is 964. The molecule has 1 saturated carbocycles. The van der Waals surface area contributed by atoms with E-state index in [1.165, 1.54) is 11.7 Å². The quantitative estimate of drug-likeness (QED) is 0.0495. The standard InChI is InChI=1S/C32H63NO8Si3/c1-26(2)29(35)39-20-19-38-28(34)14-15-32(5)23-27(22-31(3,4)24-32)33-30(36)40-18-17-37-16-13-21-43(9,10)25-44(11,12)41-42(6,7)8/h27H,1,13-25H2,2-12H3,(H,33,36). The van der Waals surface area contributed by atoms with Crippen molar-refractivity contribution in [1.82, 2.24) is 5.32 Å². The molecule has 0 radical (unpaired) electrons. The Hall–Kier alpha value is -1.48. The van der Waals surface area contributed by atoms with E-state index in [0.29, 0.717) is 25.2 Å². The molecule has 1 N–H and O–H groups in total.